The number of likely N-dealkylation sites (tertiary alicyclic amines) is 1. The van der Waals surface area contributed by atoms with E-state index in [0.29, 0.717) is 32.2 Å². The van der Waals surface area contributed by atoms with Gasteiger partial charge >= 0.3 is 6.09 Å². The first-order valence-corrected chi connectivity index (χ1v) is 8.23. The van der Waals surface area contributed by atoms with Crippen LogP contribution in [0, 0.1) is 0 Å². The number of nitrogens with two attached hydrogens (primary N) is 1. The zero-order valence-electron chi connectivity index (χ0n) is 14.7. The number of hydrogen-bond acceptors (Lipinski definition) is 4. The maximum Gasteiger partial charge on any atom is 0.409 e. The van der Waals surface area contributed by atoms with Crippen molar-refractivity contribution in [2.75, 3.05) is 26.8 Å². The predicted octanol–water partition coefficient (Wildman–Crippen LogP) is 2.34. The fourth-order valence-electron chi connectivity index (χ4n) is 2.62. The average Bonchev–Trinajstić information content (AvgIpc) is 2.61. The minimum atomic E-state index is -0.240. The van der Waals surface area contributed by atoms with Gasteiger partial charge < -0.3 is 25.4 Å². The Morgan fingerprint density at radius 2 is 2.12 bits per heavy atom. The first-order chi connectivity index (χ1) is 11.6. The number of rotatable bonds is 5. The summed E-state index contributed by atoms with van der Waals surface area (Å²) in [5.41, 5.74) is 7.01. The van der Waals surface area contributed by atoms with Gasteiger partial charge in [-0.25, -0.2) is 9.79 Å². The van der Waals surface area contributed by atoms with Gasteiger partial charge in [-0.2, -0.15) is 0 Å². The molecule has 1 aliphatic heterocycles. The highest BCUT2D eigenvalue weighted by Crippen LogP contribution is 2.14. The zero-order chi connectivity index (χ0) is 17.4. The average molecular weight is 462 g/mol. The van der Waals surface area contributed by atoms with E-state index in [4.69, 9.17) is 15.2 Å². The Hall–Kier alpha value is -1.71. The van der Waals surface area contributed by atoms with Gasteiger partial charge in [0.05, 0.1) is 20.3 Å². The number of benzene rings is 1. The second-order valence-electron chi connectivity index (χ2n) is 5.66. The normalized spacial score (nSPS) is 15.3. The molecule has 0 aromatic heterocycles. The molecule has 1 saturated heterocycles. The highest BCUT2D eigenvalue weighted by atomic mass is 127. The molecule has 1 heterocycles. The predicted molar refractivity (Wildman–Crippen MR) is 108 cm³/mol. The van der Waals surface area contributed by atoms with Gasteiger partial charge in [0.2, 0.25) is 0 Å². The van der Waals surface area contributed by atoms with Crippen LogP contribution in [0.3, 0.4) is 0 Å². The van der Waals surface area contributed by atoms with E-state index < -0.39 is 0 Å². The Labute approximate surface area is 166 Å². The van der Waals surface area contributed by atoms with E-state index in [2.05, 4.69) is 10.3 Å². The fourth-order valence-corrected chi connectivity index (χ4v) is 2.62. The lowest BCUT2D eigenvalue weighted by atomic mass is 10.1. The van der Waals surface area contributed by atoms with Crippen LogP contribution in [0.1, 0.15) is 25.3 Å². The van der Waals surface area contributed by atoms with E-state index in [-0.39, 0.29) is 36.1 Å². The van der Waals surface area contributed by atoms with Gasteiger partial charge in [0.1, 0.15) is 5.75 Å². The number of nitrogens with one attached hydrogen (secondary N) is 1. The quantitative estimate of drug-likeness (QED) is 0.399. The van der Waals surface area contributed by atoms with Crippen LogP contribution < -0.4 is 15.8 Å². The van der Waals surface area contributed by atoms with Crippen LogP contribution in [0.4, 0.5) is 4.79 Å². The summed E-state index contributed by atoms with van der Waals surface area (Å²) in [6.45, 7) is 4.05. The molecule has 0 spiro atoms. The molecule has 3 N–H and O–H groups in total. The number of aliphatic imine (C=N–C) groups is 1. The molecule has 1 fully saturated rings. The van der Waals surface area contributed by atoms with Crippen molar-refractivity contribution in [3.8, 4) is 5.75 Å². The first-order valence-electron chi connectivity index (χ1n) is 8.23. The molecule has 8 heteroatoms. The summed E-state index contributed by atoms with van der Waals surface area (Å²) < 4.78 is 10.2. The molecule has 0 unspecified atom stereocenters. The zero-order valence-corrected chi connectivity index (χ0v) is 17.1. The third kappa shape index (κ3) is 6.97. The molecule has 0 saturated carbocycles. The summed E-state index contributed by atoms with van der Waals surface area (Å²) in [6.07, 6.45) is 1.41. The lowest BCUT2D eigenvalue weighted by Gasteiger charge is -2.31. The molecule has 0 radical (unpaired) electrons. The van der Waals surface area contributed by atoms with Gasteiger partial charge in [0, 0.05) is 19.1 Å². The number of carbonyl (C=O) groups excluding carboxylic acids is 1. The molecule has 140 valence electrons. The summed E-state index contributed by atoms with van der Waals surface area (Å²) in [7, 11) is 1.64. The van der Waals surface area contributed by atoms with Gasteiger partial charge in [-0.1, -0.05) is 12.1 Å². The van der Waals surface area contributed by atoms with Gasteiger partial charge in [0.25, 0.3) is 0 Å². The van der Waals surface area contributed by atoms with Crippen molar-refractivity contribution in [1.29, 1.82) is 0 Å². The van der Waals surface area contributed by atoms with E-state index in [9.17, 15) is 4.79 Å². The number of guanidine groups is 1. The van der Waals surface area contributed by atoms with Gasteiger partial charge in [-0.15, -0.1) is 24.0 Å². The Morgan fingerprint density at radius 1 is 1.40 bits per heavy atom. The summed E-state index contributed by atoms with van der Waals surface area (Å²) >= 11 is 0. The maximum absolute atomic E-state index is 11.7. The molecule has 25 heavy (non-hydrogen) atoms. The monoisotopic (exact) mass is 462 g/mol. The number of methoxy groups -OCH3 is 1. The molecule has 0 atom stereocenters. The van der Waals surface area contributed by atoms with Crippen molar-refractivity contribution in [2.45, 2.75) is 32.4 Å². The number of amides is 1. The van der Waals surface area contributed by atoms with Crippen LogP contribution in [-0.2, 0) is 11.3 Å². The SMILES string of the molecule is CCOC(=O)N1CCC(NC(N)=NCc2cccc(OC)c2)CC1.I. The summed E-state index contributed by atoms with van der Waals surface area (Å²) in [4.78, 5) is 17.8. The van der Waals surface area contributed by atoms with Gasteiger partial charge in [0.15, 0.2) is 5.96 Å². The molecule has 1 aromatic carbocycles. The molecular formula is C17H27IN4O3. The van der Waals surface area contributed by atoms with E-state index >= 15 is 0 Å². The van der Waals surface area contributed by atoms with Crippen LogP contribution in [0.5, 0.6) is 5.75 Å². The number of hydrogen-bond donors (Lipinski definition) is 2. The number of halogens is 1. The fraction of sp³-hybridized carbons (Fsp3) is 0.529. The largest absolute Gasteiger partial charge is 0.497 e. The van der Waals surface area contributed by atoms with Gasteiger partial charge in [-0.3, -0.25) is 0 Å². The summed E-state index contributed by atoms with van der Waals surface area (Å²) in [5, 5.41) is 3.23. The summed E-state index contributed by atoms with van der Waals surface area (Å²) in [5.74, 6) is 1.23. The molecule has 1 amide bonds. The number of carbonyl (C=O) groups is 1. The Kier molecular flexibility index (Phi) is 9.40. The Balaban J connectivity index is 0.00000312. The highest BCUT2D eigenvalue weighted by Gasteiger charge is 2.23. The smallest absolute Gasteiger partial charge is 0.409 e. The Morgan fingerprint density at radius 3 is 2.76 bits per heavy atom. The first kappa shape index (κ1) is 21.3. The van der Waals surface area contributed by atoms with E-state index in [1.165, 1.54) is 0 Å². The second-order valence-corrected chi connectivity index (χ2v) is 5.66. The van der Waals surface area contributed by atoms with E-state index in [1.54, 1.807) is 12.0 Å². The third-order valence-electron chi connectivity index (χ3n) is 3.94. The van der Waals surface area contributed by atoms with Crippen molar-refractivity contribution in [2.24, 2.45) is 10.7 Å². The second kappa shape index (κ2) is 11.0. The van der Waals surface area contributed by atoms with E-state index in [1.807, 2.05) is 31.2 Å². The third-order valence-corrected chi connectivity index (χ3v) is 3.94. The van der Waals surface area contributed by atoms with Crippen molar-refractivity contribution in [1.82, 2.24) is 10.2 Å². The highest BCUT2D eigenvalue weighted by molar-refractivity contribution is 14.0. The minimum Gasteiger partial charge on any atom is -0.497 e. The lowest BCUT2D eigenvalue weighted by Crippen LogP contribution is -2.48. The number of ether oxygens (including phenoxy) is 2. The van der Waals surface area contributed by atoms with Crippen molar-refractivity contribution >= 4 is 36.0 Å². The van der Waals surface area contributed by atoms with Crippen LogP contribution in [-0.4, -0.2) is 49.8 Å². The molecule has 0 bridgehead atoms. The van der Waals surface area contributed by atoms with Crippen molar-refractivity contribution < 1.29 is 14.3 Å². The number of nitrogens with zero attached hydrogens (tertiary/aromatic N) is 2. The van der Waals surface area contributed by atoms with Crippen LogP contribution in [0.25, 0.3) is 0 Å². The standard InChI is InChI=1S/C17H26N4O3.HI/c1-3-24-17(22)21-9-7-14(8-10-21)20-16(18)19-12-13-5-4-6-15(11-13)23-2;/h4-6,11,14H,3,7-10,12H2,1-2H3,(H3,18,19,20);1H. The van der Waals surface area contributed by atoms with Crippen LogP contribution in [0.15, 0.2) is 29.3 Å². The number of piperidine rings is 1. The molecule has 7 nitrogen and oxygen atoms in total. The lowest BCUT2D eigenvalue weighted by molar-refractivity contribution is 0.0963. The van der Waals surface area contributed by atoms with Crippen molar-refractivity contribution in [3.05, 3.63) is 29.8 Å². The van der Waals surface area contributed by atoms with Crippen LogP contribution >= 0.6 is 24.0 Å². The maximum atomic E-state index is 11.7. The molecular weight excluding hydrogens is 435 g/mol. The topological polar surface area (TPSA) is 89.2 Å². The molecule has 2 rings (SSSR count). The van der Waals surface area contributed by atoms with E-state index in [0.717, 1.165) is 24.2 Å². The van der Waals surface area contributed by atoms with Gasteiger partial charge in [-0.05, 0) is 37.5 Å². The van der Waals surface area contributed by atoms with Crippen molar-refractivity contribution in [3.63, 3.8) is 0 Å². The molecule has 0 aliphatic carbocycles. The molecule has 1 aliphatic rings. The Bertz CT molecular complexity index is 575. The summed E-state index contributed by atoms with van der Waals surface area (Å²) in [6, 6.07) is 7.97. The molecule has 1 aromatic rings. The minimum absolute atomic E-state index is 0. The van der Waals surface area contributed by atoms with Crippen LogP contribution in [0.2, 0.25) is 0 Å².